The summed E-state index contributed by atoms with van der Waals surface area (Å²) in [5.41, 5.74) is 12.6. The Morgan fingerprint density at radius 1 is 0.915 bits per heavy atom. The van der Waals surface area contributed by atoms with E-state index in [1.54, 1.807) is 0 Å². The van der Waals surface area contributed by atoms with E-state index in [-0.39, 0.29) is 31.9 Å². The average Bonchev–Trinajstić information content (AvgIpc) is 3.63. The maximum Gasteiger partial charge on any atom is 2.00 e. The first-order valence-corrected chi connectivity index (χ1v) is 16.9. The molecule has 0 amide bonds. The van der Waals surface area contributed by atoms with E-state index in [2.05, 4.69) is 115 Å². The fraction of sp³-hybridized carbons (Fsp3) is 0.450. The molecule has 0 spiro atoms. The molecule has 4 aromatic heterocycles. The molecule has 248 valence electrons. The van der Waals surface area contributed by atoms with Gasteiger partial charge in [0.05, 0.1) is 11.4 Å². The molecule has 4 heterocycles. The van der Waals surface area contributed by atoms with Crippen molar-refractivity contribution in [2.24, 2.45) is 5.92 Å². The van der Waals surface area contributed by atoms with Crippen LogP contribution in [-0.4, -0.2) is 20.2 Å². The zero-order chi connectivity index (χ0) is 32.8. The van der Waals surface area contributed by atoms with Crippen LogP contribution in [0.1, 0.15) is 120 Å². The van der Waals surface area contributed by atoms with Crippen LogP contribution < -0.4 is 10.2 Å². The second-order valence-electron chi connectivity index (χ2n) is 15.4. The Bertz CT molecular complexity index is 1890. The van der Waals surface area contributed by atoms with Crippen LogP contribution in [-0.2, 0) is 51.2 Å². The summed E-state index contributed by atoms with van der Waals surface area (Å²) in [6.07, 6.45) is 13.3. The summed E-state index contributed by atoms with van der Waals surface area (Å²) in [7, 11) is 0. The molecule has 0 bridgehead atoms. The fourth-order valence-corrected chi connectivity index (χ4v) is 7.12. The van der Waals surface area contributed by atoms with E-state index in [1.807, 2.05) is 12.4 Å². The Balaban J connectivity index is 0.000000340. The van der Waals surface area contributed by atoms with Crippen molar-refractivity contribution in [2.75, 3.05) is 0 Å². The summed E-state index contributed by atoms with van der Waals surface area (Å²) in [5, 5.41) is 21.4. The number of hydrogen-bond acceptors (Lipinski definition) is 4. The summed E-state index contributed by atoms with van der Waals surface area (Å²) >= 11 is 0. The van der Waals surface area contributed by atoms with Gasteiger partial charge in [0.15, 0.2) is 0 Å². The molecule has 0 saturated heterocycles. The third kappa shape index (κ3) is 6.81. The van der Waals surface area contributed by atoms with Crippen molar-refractivity contribution in [3.8, 4) is 22.8 Å². The molecule has 0 N–H and O–H groups in total. The minimum atomic E-state index is 0. The standard InChI is InChI=1S/C31H35N5.C9H13N.Pt/c1-17(2)16-23-24(18(3)4)29(35-33-23)27-21-13-8-11-19-10-7-12-20(25(19)21)26(32-27)28-22-14-9-15-31(5,6)30(22)36-34-28;1-9(2,3)8-4-6-10-7-5-8;/h7-8,10,12-13,17-18H,9,11,14-16H2,1-6H3;4-7H,1-3H3;/q-2;;+2. The first-order chi connectivity index (χ1) is 21.9. The van der Waals surface area contributed by atoms with Crippen LogP contribution in [0.2, 0.25) is 0 Å². The van der Waals surface area contributed by atoms with E-state index >= 15 is 0 Å². The first-order valence-electron chi connectivity index (χ1n) is 16.9. The smallest absolute Gasteiger partial charge is 0.573 e. The number of rotatable bonds is 5. The van der Waals surface area contributed by atoms with Crippen molar-refractivity contribution >= 4 is 16.8 Å². The van der Waals surface area contributed by atoms with E-state index in [0.717, 1.165) is 77.2 Å². The van der Waals surface area contributed by atoms with Crippen LogP contribution in [0.25, 0.3) is 39.6 Å². The molecule has 7 rings (SSSR count). The fourth-order valence-electron chi connectivity index (χ4n) is 7.12. The van der Waals surface area contributed by atoms with E-state index < -0.39 is 0 Å². The number of aromatic nitrogens is 6. The van der Waals surface area contributed by atoms with E-state index in [9.17, 15) is 0 Å². The molecule has 2 aliphatic rings. The van der Waals surface area contributed by atoms with Crippen molar-refractivity contribution in [3.05, 3.63) is 88.0 Å². The summed E-state index contributed by atoms with van der Waals surface area (Å²) in [4.78, 5) is 9.35. The molecule has 0 fully saturated rings. The number of pyridine rings is 2. The molecule has 2 aliphatic carbocycles. The predicted octanol–water partition coefficient (Wildman–Crippen LogP) is 9.15. The van der Waals surface area contributed by atoms with Gasteiger partial charge in [0.1, 0.15) is 0 Å². The number of hydrogen-bond donors (Lipinski definition) is 0. The Hall–Kier alpha value is -3.37. The molecule has 0 atom stereocenters. The van der Waals surface area contributed by atoms with Crippen LogP contribution in [0.3, 0.4) is 0 Å². The Kier molecular flexibility index (Phi) is 10.1. The van der Waals surface area contributed by atoms with Gasteiger partial charge in [-0.2, -0.15) is 0 Å². The Morgan fingerprint density at radius 2 is 1.64 bits per heavy atom. The third-order valence-corrected chi connectivity index (χ3v) is 9.48. The summed E-state index contributed by atoms with van der Waals surface area (Å²) < 4.78 is 0. The number of nitrogens with zero attached hydrogens (tertiary/aromatic N) is 6. The van der Waals surface area contributed by atoms with Gasteiger partial charge in [-0.1, -0.05) is 104 Å². The summed E-state index contributed by atoms with van der Waals surface area (Å²) in [6, 6.07) is 10.7. The molecule has 0 saturated carbocycles. The predicted molar refractivity (Wildman–Crippen MR) is 189 cm³/mol. The zero-order valence-corrected chi connectivity index (χ0v) is 31.7. The second-order valence-corrected chi connectivity index (χ2v) is 15.4. The van der Waals surface area contributed by atoms with Crippen LogP contribution >= 0.6 is 0 Å². The van der Waals surface area contributed by atoms with E-state index in [4.69, 9.17) is 20.3 Å². The minimum absolute atomic E-state index is 0. The maximum atomic E-state index is 5.39. The number of fused-ring (bicyclic) bond motifs is 1. The third-order valence-electron chi connectivity index (χ3n) is 9.48. The molecule has 7 heteroatoms. The van der Waals surface area contributed by atoms with Crippen molar-refractivity contribution < 1.29 is 21.1 Å². The molecule has 47 heavy (non-hydrogen) atoms. The van der Waals surface area contributed by atoms with E-state index in [1.165, 1.54) is 27.6 Å². The molecular weight excluding hydrogens is 760 g/mol. The minimum Gasteiger partial charge on any atom is -0.573 e. The summed E-state index contributed by atoms with van der Waals surface area (Å²) in [6.45, 7) is 20.1. The molecule has 6 nitrogen and oxygen atoms in total. The van der Waals surface area contributed by atoms with Gasteiger partial charge in [0, 0.05) is 40.1 Å². The zero-order valence-electron chi connectivity index (χ0n) is 29.4. The van der Waals surface area contributed by atoms with Crippen molar-refractivity contribution in [1.82, 2.24) is 30.4 Å². The quantitative estimate of drug-likeness (QED) is 0.176. The normalized spacial score (nSPS) is 15.0. The topological polar surface area (TPSA) is 79.8 Å². The van der Waals surface area contributed by atoms with Gasteiger partial charge >= 0.3 is 21.1 Å². The van der Waals surface area contributed by atoms with Gasteiger partial charge < -0.3 is 20.4 Å². The van der Waals surface area contributed by atoms with Crippen LogP contribution in [0.15, 0.2) is 48.8 Å². The molecule has 1 aromatic carbocycles. The van der Waals surface area contributed by atoms with Gasteiger partial charge in [-0.15, -0.1) is 0 Å². The van der Waals surface area contributed by atoms with Crippen LogP contribution in [0.4, 0.5) is 0 Å². The second kappa shape index (κ2) is 13.6. The van der Waals surface area contributed by atoms with E-state index in [0.29, 0.717) is 11.8 Å². The van der Waals surface area contributed by atoms with Crippen molar-refractivity contribution in [2.45, 2.75) is 111 Å². The van der Waals surface area contributed by atoms with Gasteiger partial charge in [0.2, 0.25) is 0 Å². The van der Waals surface area contributed by atoms with Crippen LogP contribution in [0, 0.1) is 5.92 Å². The summed E-state index contributed by atoms with van der Waals surface area (Å²) in [5.74, 6) is 0.832. The monoisotopic (exact) mass is 807 g/mol. The molecule has 0 unspecified atom stereocenters. The SMILES string of the molecule is CC(C)(C)c1ccncc1.CC(C)Cc1n[n-]c(-c2nc(-c3[n-]nc4c3CCCC4(C)C)c3cccc4c3c2C=CC4)c1C(C)C.[Pt+2]. The Labute approximate surface area is 295 Å². The van der Waals surface area contributed by atoms with Gasteiger partial charge in [-0.3, -0.25) is 9.97 Å². The molecular formula is C40H48N6Pt. The first kappa shape index (κ1) is 34.9. The van der Waals surface area contributed by atoms with Gasteiger partial charge in [0.25, 0.3) is 0 Å². The largest absolute Gasteiger partial charge is 2.00 e. The van der Waals surface area contributed by atoms with Crippen LogP contribution in [0.5, 0.6) is 0 Å². The van der Waals surface area contributed by atoms with Crippen molar-refractivity contribution in [3.63, 3.8) is 0 Å². The number of allylic oxidation sites excluding steroid dienone is 1. The van der Waals surface area contributed by atoms with Crippen molar-refractivity contribution in [1.29, 1.82) is 0 Å². The van der Waals surface area contributed by atoms with Gasteiger partial charge in [-0.05, 0) is 89.1 Å². The number of benzene rings is 1. The Morgan fingerprint density at radius 3 is 2.30 bits per heavy atom. The molecule has 5 aromatic rings. The van der Waals surface area contributed by atoms with Gasteiger partial charge in [-0.25, -0.2) is 0 Å². The molecule has 0 aliphatic heterocycles. The average molecular weight is 808 g/mol. The molecule has 0 radical (unpaired) electrons. The maximum absolute atomic E-state index is 5.39.